The number of fused-ring (bicyclic) bond motifs is 1. The lowest BCUT2D eigenvalue weighted by Gasteiger charge is -2.29. The largest absolute Gasteiger partial charge is 0.482 e. The second kappa shape index (κ2) is 9.81. The standard InChI is InChI=1S/C17H24N4O3.HI/c18-17(20-11-13-5-3-10-23-13)19-8-4-9-21-14-6-1-2-7-15(14)24-12-16(21)22;/h1-2,6-7,13H,3-5,8-12H2,(H3,18,19,20);1H. The second-order valence-electron chi connectivity index (χ2n) is 5.94. The van der Waals surface area contributed by atoms with Gasteiger partial charge in [0.25, 0.3) is 5.91 Å². The molecule has 25 heavy (non-hydrogen) atoms. The zero-order valence-corrected chi connectivity index (χ0v) is 16.5. The lowest BCUT2D eigenvalue weighted by atomic mass is 10.2. The number of para-hydroxylation sites is 2. The van der Waals surface area contributed by atoms with E-state index in [0.717, 1.165) is 37.3 Å². The lowest BCUT2D eigenvalue weighted by Crippen LogP contribution is -2.41. The predicted octanol–water partition coefficient (Wildman–Crippen LogP) is 1.50. The molecule has 2 aliphatic heterocycles. The molecule has 0 spiro atoms. The van der Waals surface area contributed by atoms with Crippen molar-refractivity contribution in [1.29, 1.82) is 0 Å². The first kappa shape index (κ1) is 19.8. The minimum Gasteiger partial charge on any atom is -0.482 e. The first-order chi connectivity index (χ1) is 11.7. The van der Waals surface area contributed by atoms with E-state index in [1.54, 1.807) is 4.90 Å². The molecule has 1 saturated heterocycles. The summed E-state index contributed by atoms with van der Waals surface area (Å²) in [5.41, 5.74) is 6.69. The van der Waals surface area contributed by atoms with Crippen molar-refractivity contribution in [2.75, 3.05) is 37.7 Å². The molecule has 2 aliphatic rings. The van der Waals surface area contributed by atoms with Gasteiger partial charge in [-0.1, -0.05) is 12.1 Å². The van der Waals surface area contributed by atoms with Crippen LogP contribution in [0.2, 0.25) is 0 Å². The van der Waals surface area contributed by atoms with Crippen molar-refractivity contribution in [3.05, 3.63) is 24.3 Å². The van der Waals surface area contributed by atoms with E-state index in [1.165, 1.54) is 0 Å². The molecular formula is C17H25IN4O3. The number of carbonyl (C=O) groups is 1. The van der Waals surface area contributed by atoms with Crippen LogP contribution in [0.5, 0.6) is 5.75 Å². The Balaban J connectivity index is 0.00000225. The third-order valence-corrected chi connectivity index (χ3v) is 4.16. The molecule has 0 saturated carbocycles. The number of amides is 1. The molecule has 1 unspecified atom stereocenters. The van der Waals surface area contributed by atoms with E-state index >= 15 is 0 Å². The third-order valence-electron chi connectivity index (χ3n) is 4.16. The molecule has 0 aromatic heterocycles. The van der Waals surface area contributed by atoms with Gasteiger partial charge in [-0.05, 0) is 31.4 Å². The molecule has 8 heteroatoms. The number of guanidine groups is 1. The van der Waals surface area contributed by atoms with E-state index < -0.39 is 0 Å². The van der Waals surface area contributed by atoms with Gasteiger partial charge >= 0.3 is 0 Å². The smallest absolute Gasteiger partial charge is 0.265 e. The summed E-state index contributed by atoms with van der Waals surface area (Å²) in [7, 11) is 0. The van der Waals surface area contributed by atoms with Crippen molar-refractivity contribution in [3.8, 4) is 5.75 Å². The highest BCUT2D eigenvalue weighted by Gasteiger charge is 2.24. The Morgan fingerprint density at radius 1 is 1.40 bits per heavy atom. The highest BCUT2D eigenvalue weighted by atomic mass is 127. The Kier molecular flexibility index (Phi) is 7.76. The van der Waals surface area contributed by atoms with Gasteiger partial charge in [-0.25, -0.2) is 0 Å². The summed E-state index contributed by atoms with van der Waals surface area (Å²) in [4.78, 5) is 18.1. The van der Waals surface area contributed by atoms with E-state index in [1.807, 2.05) is 24.3 Å². The summed E-state index contributed by atoms with van der Waals surface area (Å²) in [6, 6.07) is 7.58. The number of hydrogen-bond acceptors (Lipinski definition) is 4. The zero-order chi connectivity index (χ0) is 16.8. The average molecular weight is 460 g/mol. The number of hydrogen-bond donors (Lipinski definition) is 2. The molecule has 1 atom stereocenters. The first-order valence-corrected chi connectivity index (χ1v) is 8.41. The summed E-state index contributed by atoms with van der Waals surface area (Å²) < 4.78 is 10.9. The van der Waals surface area contributed by atoms with E-state index in [4.69, 9.17) is 15.2 Å². The van der Waals surface area contributed by atoms with Gasteiger partial charge in [0.2, 0.25) is 0 Å². The molecule has 138 valence electrons. The van der Waals surface area contributed by atoms with Crippen LogP contribution in [0.25, 0.3) is 0 Å². The second-order valence-corrected chi connectivity index (χ2v) is 5.94. The third kappa shape index (κ3) is 5.46. The predicted molar refractivity (Wildman–Crippen MR) is 108 cm³/mol. The molecule has 3 rings (SSSR count). The quantitative estimate of drug-likeness (QED) is 0.291. The summed E-state index contributed by atoms with van der Waals surface area (Å²) in [6.07, 6.45) is 3.13. The average Bonchev–Trinajstić information content (AvgIpc) is 3.12. The maximum Gasteiger partial charge on any atom is 0.265 e. The van der Waals surface area contributed by atoms with Gasteiger partial charge < -0.3 is 25.4 Å². The number of carbonyl (C=O) groups excluding carboxylic acids is 1. The Labute approximate surface area is 165 Å². The molecular weight excluding hydrogens is 435 g/mol. The van der Waals surface area contributed by atoms with Gasteiger partial charge in [0.05, 0.1) is 18.3 Å². The number of nitrogens with zero attached hydrogens (tertiary/aromatic N) is 2. The van der Waals surface area contributed by atoms with Crippen LogP contribution in [0, 0.1) is 0 Å². The zero-order valence-electron chi connectivity index (χ0n) is 14.1. The number of nitrogens with two attached hydrogens (primary N) is 1. The van der Waals surface area contributed by atoms with E-state index in [0.29, 0.717) is 25.6 Å². The van der Waals surface area contributed by atoms with Crippen LogP contribution in [0.1, 0.15) is 19.3 Å². The van der Waals surface area contributed by atoms with E-state index in [9.17, 15) is 4.79 Å². The Morgan fingerprint density at radius 3 is 3.04 bits per heavy atom. The van der Waals surface area contributed by atoms with Crippen LogP contribution in [0.4, 0.5) is 5.69 Å². The number of nitrogens with one attached hydrogen (secondary N) is 1. The highest BCUT2D eigenvalue weighted by molar-refractivity contribution is 14.0. The molecule has 0 bridgehead atoms. The van der Waals surface area contributed by atoms with Gasteiger partial charge in [0.1, 0.15) is 5.75 Å². The maximum absolute atomic E-state index is 12.1. The summed E-state index contributed by atoms with van der Waals surface area (Å²) in [5, 5.41) is 3.09. The Bertz CT molecular complexity index is 605. The minimum atomic E-state index is -0.0197. The fraction of sp³-hybridized carbons (Fsp3) is 0.529. The number of anilines is 1. The minimum absolute atomic E-state index is 0. The van der Waals surface area contributed by atoms with Gasteiger partial charge in [-0.3, -0.25) is 9.79 Å². The van der Waals surface area contributed by atoms with Crippen LogP contribution in [-0.2, 0) is 9.53 Å². The fourth-order valence-electron chi connectivity index (χ4n) is 2.90. The van der Waals surface area contributed by atoms with Gasteiger partial charge in [0.15, 0.2) is 12.6 Å². The van der Waals surface area contributed by atoms with Crippen molar-refractivity contribution in [1.82, 2.24) is 5.32 Å². The molecule has 2 heterocycles. The Morgan fingerprint density at radius 2 is 2.24 bits per heavy atom. The highest BCUT2D eigenvalue weighted by Crippen LogP contribution is 2.31. The van der Waals surface area contributed by atoms with Crippen molar-refractivity contribution >= 4 is 41.5 Å². The summed E-state index contributed by atoms with van der Waals surface area (Å²) in [5.74, 6) is 1.16. The van der Waals surface area contributed by atoms with Gasteiger partial charge in [0, 0.05) is 19.7 Å². The van der Waals surface area contributed by atoms with Gasteiger partial charge in [-0.2, -0.15) is 0 Å². The Hall–Kier alpha value is -1.55. The SMILES string of the molecule is I.NC(=NCC1CCCO1)NCCCN1C(=O)COc2ccccc21. The normalized spacial score (nSPS) is 19.8. The first-order valence-electron chi connectivity index (χ1n) is 8.41. The van der Waals surface area contributed by atoms with E-state index in [2.05, 4.69) is 10.3 Å². The van der Waals surface area contributed by atoms with Crippen LogP contribution < -0.4 is 20.7 Å². The molecule has 1 fully saturated rings. The molecule has 3 N–H and O–H groups in total. The number of aliphatic imine (C=N–C) groups is 1. The van der Waals surface area contributed by atoms with Crippen molar-refractivity contribution in [2.45, 2.75) is 25.4 Å². The number of halogens is 1. The van der Waals surface area contributed by atoms with Crippen LogP contribution in [-0.4, -0.2) is 50.8 Å². The number of ether oxygens (including phenoxy) is 2. The lowest BCUT2D eigenvalue weighted by molar-refractivity contribution is -0.121. The summed E-state index contributed by atoms with van der Waals surface area (Å²) >= 11 is 0. The van der Waals surface area contributed by atoms with Crippen molar-refractivity contribution < 1.29 is 14.3 Å². The van der Waals surface area contributed by atoms with E-state index in [-0.39, 0.29) is 42.6 Å². The molecule has 1 amide bonds. The maximum atomic E-state index is 12.1. The molecule has 7 nitrogen and oxygen atoms in total. The molecule has 0 aliphatic carbocycles. The summed E-state index contributed by atoms with van der Waals surface area (Å²) in [6.45, 7) is 2.80. The topological polar surface area (TPSA) is 89.2 Å². The molecule has 1 aromatic rings. The van der Waals surface area contributed by atoms with Crippen LogP contribution >= 0.6 is 24.0 Å². The number of benzene rings is 1. The van der Waals surface area contributed by atoms with Crippen molar-refractivity contribution in [3.63, 3.8) is 0 Å². The van der Waals surface area contributed by atoms with Gasteiger partial charge in [-0.15, -0.1) is 24.0 Å². The monoisotopic (exact) mass is 460 g/mol. The number of rotatable bonds is 6. The molecule has 0 radical (unpaired) electrons. The van der Waals surface area contributed by atoms with Crippen LogP contribution in [0.3, 0.4) is 0 Å². The fourth-order valence-corrected chi connectivity index (χ4v) is 2.90. The molecule has 1 aromatic carbocycles. The van der Waals surface area contributed by atoms with Crippen molar-refractivity contribution in [2.24, 2.45) is 10.7 Å². The van der Waals surface area contributed by atoms with Crippen LogP contribution in [0.15, 0.2) is 29.3 Å².